The number of hydrogen-bond acceptors (Lipinski definition) is 4. The lowest BCUT2D eigenvalue weighted by atomic mass is 10.2. The fourth-order valence-electron chi connectivity index (χ4n) is 2.04. The summed E-state index contributed by atoms with van der Waals surface area (Å²) in [6.07, 6.45) is 3.43. The summed E-state index contributed by atoms with van der Waals surface area (Å²) in [5, 5.41) is 10.6. The van der Waals surface area contributed by atoms with Gasteiger partial charge in [-0.3, -0.25) is 10.1 Å². The van der Waals surface area contributed by atoms with Gasteiger partial charge in [0.2, 0.25) is 0 Å². The Kier molecular flexibility index (Phi) is 3.17. The Morgan fingerprint density at radius 3 is 2.71 bits per heavy atom. The van der Waals surface area contributed by atoms with Crippen molar-refractivity contribution in [3.05, 3.63) is 28.3 Å². The van der Waals surface area contributed by atoms with Crippen molar-refractivity contribution in [3.63, 3.8) is 0 Å². The molecule has 2 N–H and O–H groups in total. The highest BCUT2D eigenvalue weighted by Crippen LogP contribution is 2.36. The van der Waals surface area contributed by atoms with Crippen molar-refractivity contribution in [3.8, 4) is 0 Å². The molecule has 0 spiro atoms. The van der Waals surface area contributed by atoms with Crippen LogP contribution in [-0.4, -0.2) is 17.5 Å². The molecule has 0 bridgehead atoms. The van der Waals surface area contributed by atoms with Crippen molar-refractivity contribution < 1.29 is 4.92 Å². The molecule has 0 unspecified atom stereocenters. The number of nitrogen functional groups attached to an aromatic ring is 1. The van der Waals surface area contributed by atoms with Crippen molar-refractivity contribution >= 4 is 17.1 Å². The molecule has 92 valence electrons. The molecule has 1 aliphatic carbocycles. The monoisotopic (exact) mass is 235 g/mol. The van der Waals surface area contributed by atoms with Crippen molar-refractivity contribution in [2.45, 2.75) is 32.2 Å². The number of nitro benzene ring substituents is 1. The van der Waals surface area contributed by atoms with E-state index in [1.807, 2.05) is 0 Å². The van der Waals surface area contributed by atoms with E-state index in [1.165, 1.54) is 25.0 Å². The van der Waals surface area contributed by atoms with E-state index in [2.05, 4.69) is 11.8 Å². The van der Waals surface area contributed by atoms with Crippen LogP contribution in [0.2, 0.25) is 0 Å². The van der Waals surface area contributed by atoms with Crippen LogP contribution >= 0.6 is 0 Å². The topological polar surface area (TPSA) is 72.4 Å². The molecule has 2 rings (SSSR count). The lowest BCUT2D eigenvalue weighted by Crippen LogP contribution is -2.27. The van der Waals surface area contributed by atoms with E-state index in [4.69, 9.17) is 5.73 Å². The fourth-order valence-corrected chi connectivity index (χ4v) is 2.04. The third-order valence-electron chi connectivity index (χ3n) is 2.98. The van der Waals surface area contributed by atoms with Crippen LogP contribution in [0.3, 0.4) is 0 Å². The van der Waals surface area contributed by atoms with Gasteiger partial charge in [-0.2, -0.15) is 0 Å². The minimum atomic E-state index is -0.415. The first kappa shape index (κ1) is 11.7. The Morgan fingerprint density at radius 1 is 1.53 bits per heavy atom. The van der Waals surface area contributed by atoms with E-state index in [0.29, 0.717) is 11.7 Å². The Balaban J connectivity index is 2.27. The molecule has 5 nitrogen and oxygen atoms in total. The average Bonchev–Trinajstić information content (AvgIpc) is 3.10. The van der Waals surface area contributed by atoms with E-state index >= 15 is 0 Å². The summed E-state index contributed by atoms with van der Waals surface area (Å²) in [6, 6.07) is 5.30. The van der Waals surface area contributed by atoms with Crippen LogP contribution in [0.4, 0.5) is 17.1 Å². The van der Waals surface area contributed by atoms with Crippen LogP contribution in [0, 0.1) is 10.1 Å². The van der Waals surface area contributed by atoms with Gasteiger partial charge in [0.05, 0.1) is 16.3 Å². The summed E-state index contributed by atoms with van der Waals surface area (Å²) >= 11 is 0. The molecule has 0 amide bonds. The molecule has 1 fully saturated rings. The van der Waals surface area contributed by atoms with Crippen molar-refractivity contribution in [2.24, 2.45) is 0 Å². The van der Waals surface area contributed by atoms with Gasteiger partial charge >= 0.3 is 0 Å². The maximum Gasteiger partial charge on any atom is 0.271 e. The highest BCUT2D eigenvalue weighted by atomic mass is 16.6. The van der Waals surface area contributed by atoms with E-state index < -0.39 is 4.92 Å². The third-order valence-corrected chi connectivity index (χ3v) is 2.98. The van der Waals surface area contributed by atoms with Crippen LogP contribution in [0.1, 0.15) is 26.2 Å². The second kappa shape index (κ2) is 4.61. The largest absolute Gasteiger partial charge is 0.397 e. The van der Waals surface area contributed by atoms with E-state index in [1.54, 1.807) is 6.07 Å². The molecule has 5 heteroatoms. The minimum Gasteiger partial charge on any atom is -0.397 e. The zero-order valence-electron chi connectivity index (χ0n) is 9.93. The lowest BCUT2D eigenvalue weighted by Gasteiger charge is -2.25. The molecular formula is C12H17N3O2. The highest BCUT2D eigenvalue weighted by Gasteiger charge is 2.29. The van der Waals surface area contributed by atoms with Gasteiger partial charge in [0.15, 0.2) is 0 Å². The SMILES string of the molecule is CCCN(c1ccc([N+](=O)[O-])cc1N)C1CC1. The van der Waals surface area contributed by atoms with Crippen molar-refractivity contribution in [2.75, 3.05) is 17.2 Å². The van der Waals surface area contributed by atoms with Gasteiger partial charge in [-0.1, -0.05) is 6.92 Å². The van der Waals surface area contributed by atoms with Crippen LogP contribution in [0.25, 0.3) is 0 Å². The Bertz CT molecular complexity index is 430. The molecule has 1 aromatic rings. The van der Waals surface area contributed by atoms with Crippen LogP contribution in [0.5, 0.6) is 0 Å². The fraction of sp³-hybridized carbons (Fsp3) is 0.500. The highest BCUT2D eigenvalue weighted by molar-refractivity contribution is 5.71. The lowest BCUT2D eigenvalue weighted by molar-refractivity contribution is -0.384. The Labute approximate surface area is 100 Å². The molecule has 0 saturated heterocycles. The predicted molar refractivity (Wildman–Crippen MR) is 68.2 cm³/mol. The summed E-state index contributed by atoms with van der Waals surface area (Å²) in [7, 11) is 0. The molecule has 0 aromatic heterocycles. The third kappa shape index (κ3) is 2.49. The van der Waals surface area contributed by atoms with Crippen LogP contribution in [0.15, 0.2) is 18.2 Å². The summed E-state index contributed by atoms with van der Waals surface area (Å²) in [6.45, 7) is 3.07. The summed E-state index contributed by atoms with van der Waals surface area (Å²) in [5.41, 5.74) is 7.39. The number of nitrogens with zero attached hydrogens (tertiary/aromatic N) is 2. The molecule has 0 radical (unpaired) electrons. The molecule has 0 heterocycles. The first-order chi connectivity index (χ1) is 8.13. The first-order valence-electron chi connectivity index (χ1n) is 5.94. The van der Waals surface area contributed by atoms with Crippen molar-refractivity contribution in [1.29, 1.82) is 0 Å². The normalized spacial score (nSPS) is 14.6. The van der Waals surface area contributed by atoms with E-state index in [9.17, 15) is 10.1 Å². The smallest absolute Gasteiger partial charge is 0.271 e. The summed E-state index contributed by atoms with van der Waals surface area (Å²) in [4.78, 5) is 12.5. The van der Waals surface area contributed by atoms with Gasteiger partial charge in [0.1, 0.15) is 0 Å². The van der Waals surface area contributed by atoms with Gasteiger partial charge in [-0.05, 0) is 25.3 Å². The van der Waals surface area contributed by atoms with Gasteiger partial charge in [-0.15, -0.1) is 0 Å². The maximum atomic E-state index is 10.6. The predicted octanol–water partition coefficient (Wildman–Crippen LogP) is 2.56. The first-order valence-corrected chi connectivity index (χ1v) is 5.94. The van der Waals surface area contributed by atoms with Crippen molar-refractivity contribution in [1.82, 2.24) is 0 Å². The van der Waals surface area contributed by atoms with Gasteiger partial charge in [-0.25, -0.2) is 0 Å². The number of nitrogens with two attached hydrogens (primary N) is 1. The zero-order chi connectivity index (χ0) is 12.4. The van der Waals surface area contributed by atoms with E-state index in [-0.39, 0.29) is 5.69 Å². The van der Waals surface area contributed by atoms with E-state index in [0.717, 1.165) is 18.7 Å². The molecule has 1 saturated carbocycles. The number of rotatable bonds is 5. The quantitative estimate of drug-likeness (QED) is 0.483. The maximum absolute atomic E-state index is 10.6. The standard InChI is InChI=1S/C12H17N3O2/c1-2-7-14(9-3-4-9)12-6-5-10(15(16)17)8-11(12)13/h5-6,8-9H,2-4,7,13H2,1H3. The van der Waals surface area contributed by atoms with Gasteiger partial charge < -0.3 is 10.6 Å². The Hall–Kier alpha value is -1.78. The molecular weight excluding hydrogens is 218 g/mol. The van der Waals surface area contributed by atoms with Gasteiger partial charge in [0.25, 0.3) is 5.69 Å². The number of hydrogen-bond donors (Lipinski definition) is 1. The molecule has 0 aliphatic heterocycles. The van der Waals surface area contributed by atoms with Gasteiger partial charge in [0, 0.05) is 24.7 Å². The molecule has 1 aliphatic rings. The summed E-state index contributed by atoms with van der Waals surface area (Å²) < 4.78 is 0. The van der Waals surface area contributed by atoms with Crippen LogP contribution in [-0.2, 0) is 0 Å². The molecule has 17 heavy (non-hydrogen) atoms. The number of anilines is 2. The second-order valence-electron chi connectivity index (χ2n) is 4.42. The molecule has 0 atom stereocenters. The number of nitro groups is 1. The average molecular weight is 235 g/mol. The molecule has 1 aromatic carbocycles. The number of benzene rings is 1. The minimum absolute atomic E-state index is 0.0542. The Morgan fingerprint density at radius 2 is 2.24 bits per heavy atom. The second-order valence-corrected chi connectivity index (χ2v) is 4.42. The zero-order valence-corrected chi connectivity index (χ0v) is 9.93. The summed E-state index contributed by atoms with van der Waals surface area (Å²) in [5.74, 6) is 0. The number of non-ortho nitro benzene ring substituents is 1. The van der Waals surface area contributed by atoms with Crippen LogP contribution < -0.4 is 10.6 Å².